The lowest BCUT2D eigenvalue weighted by Crippen LogP contribution is -2.12. The molecule has 0 spiro atoms. The molecular formula is C14H18N2. The van der Waals surface area contributed by atoms with Gasteiger partial charge in [0.15, 0.2) is 0 Å². The maximum atomic E-state index is 4.81. The van der Waals surface area contributed by atoms with Gasteiger partial charge in [-0.05, 0) is 37.8 Å². The van der Waals surface area contributed by atoms with Crippen LogP contribution in [0.5, 0.6) is 0 Å². The largest absolute Gasteiger partial charge is 0.301 e. The molecule has 0 bridgehead atoms. The van der Waals surface area contributed by atoms with Gasteiger partial charge < -0.3 is 4.40 Å². The molecule has 0 saturated heterocycles. The van der Waals surface area contributed by atoms with Gasteiger partial charge in [-0.15, -0.1) is 0 Å². The van der Waals surface area contributed by atoms with Crippen LogP contribution in [0.1, 0.15) is 55.6 Å². The highest BCUT2D eigenvalue weighted by molar-refractivity contribution is 5.47. The van der Waals surface area contributed by atoms with Crippen molar-refractivity contribution in [2.45, 2.75) is 45.4 Å². The van der Waals surface area contributed by atoms with Crippen molar-refractivity contribution in [3.63, 3.8) is 0 Å². The van der Waals surface area contributed by atoms with Gasteiger partial charge in [-0.2, -0.15) is 0 Å². The van der Waals surface area contributed by atoms with Gasteiger partial charge in [0, 0.05) is 17.3 Å². The monoisotopic (exact) mass is 214 g/mol. The predicted octanol–water partition coefficient (Wildman–Crippen LogP) is 3.64. The molecule has 2 nitrogen and oxygen atoms in total. The molecular weight excluding hydrogens is 196 g/mol. The summed E-state index contributed by atoms with van der Waals surface area (Å²) in [4.78, 5) is 4.81. The van der Waals surface area contributed by atoms with Crippen LogP contribution in [0.4, 0.5) is 0 Å². The van der Waals surface area contributed by atoms with E-state index in [1.54, 1.807) is 0 Å². The highest BCUT2D eigenvalue weighted by atomic mass is 15.0. The SMILES string of the molecule is Cc1cccc2nc3c(n12)C(C)CCC3C. The normalized spacial score (nSPS) is 24.7. The Kier molecular flexibility index (Phi) is 2.06. The third-order valence-corrected chi connectivity index (χ3v) is 3.87. The third kappa shape index (κ3) is 1.22. The fourth-order valence-corrected chi connectivity index (χ4v) is 2.91. The van der Waals surface area contributed by atoms with E-state index in [1.807, 2.05) is 0 Å². The molecule has 0 radical (unpaired) electrons. The lowest BCUT2D eigenvalue weighted by Gasteiger charge is -2.23. The second-order valence-corrected chi connectivity index (χ2v) is 5.12. The van der Waals surface area contributed by atoms with Crippen LogP contribution in [0.3, 0.4) is 0 Å². The zero-order chi connectivity index (χ0) is 11.3. The van der Waals surface area contributed by atoms with E-state index in [1.165, 1.54) is 29.9 Å². The molecule has 2 aromatic rings. The molecule has 2 heteroatoms. The summed E-state index contributed by atoms with van der Waals surface area (Å²) in [5, 5.41) is 0. The van der Waals surface area contributed by atoms with Gasteiger partial charge in [0.25, 0.3) is 0 Å². The summed E-state index contributed by atoms with van der Waals surface area (Å²) in [5.41, 5.74) is 5.19. The van der Waals surface area contributed by atoms with Crippen LogP contribution in [-0.2, 0) is 0 Å². The quantitative estimate of drug-likeness (QED) is 0.654. The second kappa shape index (κ2) is 3.34. The Labute approximate surface area is 96.3 Å². The Bertz CT molecular complexity index is 539. The number of fused-ring (bicyclic) bond motifs is 3. The number of hydrogen-bond donors (Lipinski definition) is 0. The van der Waals surface area contributed by atoms with E-state index >= 15 is 0 Å². The lowest BCUT2D eigenvalue weighted by atomic mass is 9.85. The number of imidazole rings is 1. The van der Waals surface area contributed by atoms with Gasteiger partial charge in [0.05, 0.1) is 5.69 Å². The first-order valence-electron chi connectivity index (χ1n) is 6.16. The molecule has 3 rings (SSSR count). The van der Waals surface area contributed by atoms with Crippen molar-refractivity contribution < 1.29 is 0 Å². The highest BCUT2D eigenvalue weighted by Crippen LogP contribution is 2.38. The first kappa shape index (κ1) is 9.88. The Morgan fingerprint density at radius 2 is 1.94 bits per heavy atom. The molecule has 16 heavy (non-hydrogen) atoms. The second-order valence-electron chi connectivity index (χ2n) is 5.12. The van der Waals surface area contributed by atoms with Crippen molar-refractivity contribution in [3.05, 3.63) is 35.3 Å². The zero-order valence-corrected chi connectivity index (χ0v) is 10.2. The van der Waals surface area contributed by atoms with Gasteiger partial charge in [0.1, 0.15) is 5.65 Å². The molecule has 2 aromatic heterocycles. The van der Waals surface area contributed by atoms with E-state index in [9.17, 15) is 0 Å². The minimum absolute atomic E-state index is 0.616. The van der Waals surface area contributed by atoms with Crippen molar-refractivity contribution in [3.8, 4) is 0 Å². The summed E-state index contributed by atoms with van der Waals surface area (Å²) >= 11 is 0. The number of rotatable bonds is 0. The van der Waals surface area contributed by atoms with Gasteiger partial charge >= 0.3 is 0 Å². The van der Waals surface area contributed by atoms with Gasteiger partial charge in [0.2, 0.25) is 0 Å². The average molecular weight is 214 g/mol. The van der Waals surface area contributed by atoms with Crippen molar-refractivity contribution in [1.82, 2.24) is 9.38 Å². The molecule has 1 aliphatic rings. The molecule has 0 aliphatic heterocycles. The molecule has 0 aromatic carbocycles. The van der Waals surface area contributed by atoms with Crippen LogP contribution in [0.15, 0.2) is 18.2 Å². The van der Waals surface area contributed by atoms with Crippen LogP contribution in [0.2, 0.25) is 0 Å². The molecule has 2 atom stereocenters. The van der Waals surface area contributed by atoms with Crippen molar-refractivity contribution in [2.75, 3.05) is 0 Å². The number of aryl methyl sites for hydroxylation is 1. The van der Waals surface area contributed by atoms with E-state index in [2.05, 4.69) is 43.4 Å². The minimum Gasteiger partial charge on any atom is -0.301 e. The Balaban J connectivity index is 2.38. The van der Waals surface area contributed by atoms with Gasteiger partial charge in [-0.3, -0.25) is 0 Å². The molecule has 84 valence electrons. The molecule has 0 N–H and O–H groups in total. The van der Waals surface area contributed by atoms with E-state index in [4.69, 9.17) is 4.98 Å². The molecule has 2 unspecified atom stereocenters. The first-order chi connectivity index (χ1) is 7.68. The van der Waals surface area contributed by atoms with Crippen LogP contribution in [0, 0.1) is 6.92 Å². The maximum absolute atomic E-state index is 4.81. The number of pyridine rings is 1. The van der Waals surface area contributed by atoms with Crippen molar-refractivity contribution in [1.29, 1.82) is 0 Å². The molecule has 0 fully saturated rings. The number of hydrogen-bond acceptors (Lipinski definition) is 1. The van der Waals surface area contributed by atoms with Crippen LogP contribution in [0.25, 0.3) is 5.65 Å². The van der Waals surface area contributed by atoms with E-state index in [0.29, 0.717) is 11.8 Å². The number of aromatic nitrogens is 2. The molecule has 0 saturated carbocycles. The summed E-state index contributed by atoms with van der Waals surface area (Å²) in [6, 6.07) is 6.38. The smallest absolute Gasteiger partial charge is 0.137 e. The average Bonchev–Trinajstić information content (AvgIpc) is 2.65. The lowest BCUT2D eigenvalue weighted by molar-refractivity contribution is 0.507. The van der Waals surface area contributed by atoms with Gasteiger partial charge in [-0.25, -0.2) is 4.98 Å². The van der Waals surface area contributed by atoms with Crippen molar-refractivity contribution >= 4 is 5.65 Å². The standard InChI is InChI=1S/C14H18N2/c1-9-7-8-10(2)14-13(9)15-12-6-4-5-11(3)16(12)14/h4-6,9-10H,7-8H2,1-3H3. The Morgan fingerprint density at radius 1 is 1.19 bits per heavy atom. The highest BCUT2D eigenvalue weighted by Gasteiger charge is 2.27. The Hall–Kier alpha value is -1.31. The van der Waals surface area contributed by atoms with Crippen LogP contribution in [-0.4, -0.2) is 9.38 Å². The summed E-state index contributed by atoms with van der Waals surface area (Å²) in [6.07, 6.45) is 2.56. The zero-order valence-electron chi connectivity index (χ0n) is 10.2. The fourth-order valence-electron chi connectivity index (χ4n) is 2.91. The van der Waals surface area contributed by atoms with Gasteiger partial charge in [-0.1, -0.05) is 19.9 Å². The molecule has 0 amide bonds. The Morgan fingerprint density at radius 3 is 2.75 bits per heavy atom. The number of nitrogens with zero attached hydrogens (tertiary/aromatic N) is 2. The van der Waals surface area contributed by atoms with E-state index < -0.39 is 0 Å². The fraction of sp³-hybridized carbons (Fsp3) is 0.500. The van der Waals surface area contributed by atoms with Crippen molar-refractivity contribution in [2.24, 2.45) is 0 Å². The predicted molar refractivity (Wildman–Crippen MR) is 66.0 cm³/mol. The molecule has 2 heterocycles. The summed E-state index contributed by atoms with van der Waals surface area (Å²) in [6.45, 7) is 6.79. The van der Waals surface area contributed by atoms with E-state index in [0.717, 1.165) is 5.65 Å². The topological polar surface area (TPSA) is 17.3 Å². The minimum atomic E-state index is 0.616. The molecule has 1 aliphatic carbocycles. The van der Waals surface area contributed by atoms with E-state index in [-0.39, 0.29) is 0 Å². The summed E-state index contributed by atoms with van der Waals surface area (Å²) in [5.74, 6) is 1.26. The third-order valence-electron chi connectivity index (χ3n) is 3.87. The summed E-state index contributed by atoms with van der Waals surface area (Å²) in [7, 11) is 0. The van der Waals surface area contributed by atoms with Crippen LogP contribution < -0.4 is 0 Å². The van der Waals surface area contributed by atoms with Crippen LogP contribution >= 0.6 is 0 Å². The summed E-state index contributed by atoms with van der Waals surface area (Å²) < 4.78 is 2.34. The maximum Gasteiger partial charge on any atom is 0.137 e. The first-order valence-corrected chi connectivity index (χ1v) is 6.16.